The van der Waals surface area contributed by atoms with E-state index in [0.717, 1.165) is 11.8 Å². The van der Waals surface area contributed by atoms with E-state index in [4.69, 9.17) is 0 Å². The molecule has 2 atom stereocenters. The number of fused-ring (bicyclic) bond motifs is 1. The monoisotopic (exact) mass is 246 g/mol. The number of anilines is 1. The first kappa shape index (κ1) is 11.0. The number of carboxylic acids is 1. The van der Waals surface area contributed by atoms with E-state index in [9.17, 15) is 9.90 Å². The maximum absolute atomic E-state index is 11.2. The van der Waals surface area contributed by atoms with E-state index >= 15 is 0 Å². The first-order valence-electron chi connectivity index (χ1n) is 5.88. The normalized spacial score (nSPS) is 22.1. The summed E-state index contributed by atoms with van der Waals surface area (Å²) >= 11 is 0. The number of aromatic carboxylic acids is 1. The van der Waals surface area contributed by atoms with Crippen LogP contribution in [0.2, 0.25) is 0 Å². The summed E-state index contributed by atoms with van der Waals surface area (Å²) in [6.07, 6.45) is 4.12. The Morgan fingerprint density at radius 3 is 2.89 bits per heavy atom. The predicted molar refractivity (Wildman–Crippen MR) is 66.7 cm³/mol. The molecule has 0 radical (unpaired) electrons. The van der Waals surface area contributed by atoms with Crippen LogP contribution in [-0.2, 0) is 7.05 Å². The van der Waals surface area contributed by atoms with Crippen LogP contribution in [0.4, 0.5) is 5.69 Å². The first-order chi connectivity index (χ1) is 8.58. The minimum atomic E-state index is -0.968. The zero-order valence-electron chi connectivity index (χ0n) is 10.2. The van der Waals surface area contributed by atoms with Crippen LogP contribution in [0.25, 0.3) is 11.0 Å². The second kappa shape index (κ2) is 3.69. The summed E-state index contributed by atoms with van der Waals surface area (Å²) in [7, 11) is 1.79. The number of aryl methyl sites for hydroxylation is 1. The van der Waals surface area contributed by atoms with Gasteiger partial charge in [-0.15, -0.1) is 0 Å². The maximum atomic E-state index is 11.2. The van der Waals surface area contributed by atoms with Gasteiger partial charge in [0.05, 0.1) is 17.3 Å². The highest BCUT2D eigenvalue weighted by atomic mass is 16.4. The van der Waals surface area contributed by atoms with E-state index in [1.807, 2.05) is 0 Å². The number of carboxylic acid groups (broad SMARTS) is 1. The number of hydrogen-bond acceptors (Lipinski definition) is 4. The lowest BCUT2D eigenvalue weighted by Crippen LogP contribution is -2.10. The molecule has 0 saturated heterocycles. The summed E-state index contributed by atoms with van der Waals surface area (Å²) in [5.74, 6) is -0.379. The van der Waals surface area contributed by atoms with Gasteiger partial charge in [0.15, 0.2) is 5.65 Å². The average Bonchev–Trinajstić information content (AvgIpc) is 2.87. The van der Waals surface area contributed by atoms with Gasteiger partial charge < -0.3 is 10.4 Å². The van der Waals surface area contributed by atoms with Crippen LogP contribution >= 0.6 is 0 Å². The number of pyridine rings is 1. The Hall–Kier alpha value is -2.11. The fourth-order valence-electron chi connectivity index (χ4n) is 2.12. The van der Waals surface area contributed by atoms with E-state index in [-0.39, 0.29) is 5.56 Å². The van der Waals surface area contributed by atoms with Crippen LogP contribution in [0.5, 0.6) is 0 Å². The van der Waals surface area contributed by atoms with Crippen molar-refractivity contribution >= 4 is 22.7 Å². The molecule has 0 bridgehead atoms. The van der Waals surface area contributed by atoms with Crippen molar-refractivity contribution in [2.75, 3.05) is 5.32 Å². The summed E-state index contributed by atoms with van der Waals surface area (Å²) in [6.45, 7) is 2.14. The highest BCUT2D eigenvalue weighted by Gasteiger charge is 2.34. The van der Waals surface area contributed by atoms with Gasteiger partial charge in [-0.1, -0.05) is 6.92 Å². The average molecular weight is 246 g/mol. The van der Waals surface area contributed by atoms with Gasteiger partial charge in [0, 0.05) is 19.3 Å². The second-order valence-electron chi connectivity index (χ2n) is 4.82. The lowest BCUT2D eigenvalue weighted by Gasteiger charge is -2.10. The van der Waals surface area contributed by atoms with Crippen molar-refractivity contribution in [1.82, 2.24) is 14.8 Å². The van der Waals surface area contributed by atoms with Crippen molar-refractivity contribution in [2.45, 2.75) is 19.4 Å². The Morgan fingerprint density at radius 1 is 1.56 bits per heavy atom. The molecule has 6 heteroatoms. The van der Waals surface area contributed by atoms with E-state index < -0.39 is 5.97 Å². The smallest absolute Gasteiger partial charge is 0.339 e. The fourth-order valence-corrected chi connectivity index (χ4v) is 2.12. The van der Waals surface area contributed by atoms with Gasteiger partial charge in [0.2, 0.25) is 0 Å². The van der Waals surface area contributed by atoms with Crippen molar-refractivity contribution in [3.8, 4) is 0 Å². The topological polar surface area (TPSA) is 80.0 Å². The van der Waals surface area contributed by atoms with Crippen LogP contribution in [0.3, 0.4) is 0 Å². The largest absolute Gasteiger partial charge is 0.478 e. The molecule has 2 aromatic rings. The minimum Gasteiger partial charge on any atom is -0.478 e. The van der Waals surface area contributed by atoms with Crippen molar-refractivity contribution in [2.24, 2.45) is 13.0 Å². The van der Waals surface area contributed by atoms with E-state index in [2.05, 4.69) is 22.3 Å². The van der Waals surface area contributed by atoms with Crippen LogP contribution in [0.1, 0.15) is 23.7 Å². The minimum absolute atomic E-state index is 0.203. The summed E-state index contributed by atoms with van der Waals surface area (Å²) in [5.41, 5.74) is 1.53. The van der Waals surface area contributed by atoms with Gasteiger partial charge in [-0.05, 0) is 12.3 Å². The summed E-state index contributed by atoms with van der Waals surface area (Å²) in [6, 6.07) is 0.355. The third-order valence-corrected chi connectivity index (χ3v) is 3.43. The third kappa shape index (κ3) is 1.61. The molecule has 2 unspecified atom stereocenters. The van der Waals surface area contributed by atoms with Crippen LogP contribution in [0, 0.1) is 5.92 Å². The molecule has 0 aromatic carbocycles. The number of nitrogens with zero attached hydrogens (tertiary/aromatic N) is 3. The Balaban J connectivity index is 2.15. The van der Waals surface area contributed by atoms with Gasteiger partial charge in [0.1, 0.15) is 5.56 Å². The molecule has 6 nitrogen and oxygen atoms in total. The van der Waals surface area contributed by atoms with Gasteiger partial charge in [-0.2, -0.15) is 5.10 Å². The molecular weight excluding hydrogens is 232 g/mol. The van der Waals surface area contributed by atoms with Gasteiger partial charge >= 0.3 is 5.97 Å². The molecule has 1 fully saturated rings. The summed E-state index contributed by atoms with van der Waals surface area (Å²) < 4.78 is 1.64. The molecule has 3 rings (SSSR count). The van der Waals surface area contributed by atoms with Gasteiger partial charge in [-0.25, -0.2) is 9.78 Å². The molecule has 94 valence electrons. The van der Waals surface area contributed by atoms with E-state index in [1.54, 1.807) is 17.9 Å². The van der Waals surface area contributed by atoms with Crippen LogP contribution in [0.15, 0.2) is 12.4 Å². The number of rotatable bonds is 3. The Bertz CT molecular complexity index is 634. The molecule has 0 amide bonds. The van der Waals surface area contributed by atoms with E-state index in [1.165, 1.54) is 6.20 Å². The number of hydrogen-bond donors (Lipinski definition) is 2. The van der Waals surface area contributed by atoms with Crippen molar-refractivity contribution in [3.05, 3.63) is 18.0 Å². The standard InChI is InChI=1S/C12H14N4O2/c1-6-3-9(6)15-10-7-5-14-16(2)11(7)13-4-8(10)12(17)18/h4-6,9H,3H2,1-2H3,(H,13,15)(H,17,18). The lowest BCUT2D eigenvalue weighted by atomic mass is 10.2. The third-order valence-electron chi connectivity index (χ3n) is 3.43. The highest BCUT2D eigenvalue weighted by Crippen LogP contribution is 2.36. The molecule has 18 heavy (non-hydrogen) atoms. The first-order valence-corrected chi connectivity index (χ1v) is 5.88. The quantitative estimate of drug-likeness (QED) is 0.857. The van der Waals surface area contributed by atoms with Gasteiger partial charge in [0.25, 0.3) is 0 Å². The number of aromatic nitrogens is 3. The molecule has 1 aliphatic rings. The summed E-state index contributed by atoms with van der Waals surface area (Å²) in [5, 5.41) is 17.4. The zero-order valence-corrected chi connectivity index (χ0v) is 10.2. The predicted octanol–water partition coefficient (Wildman–Crippen LogP) is 1.49. The lowest BCUT2D eigenvalue weighted by molar-refractivity contribution is 0.0697. The zero-order chi connectivity index (χ0) is 12.9. The number of nitrogens with one attached hydrogen (secondary N) is 1. The van der Waals surface area contributed by atoms with Crippen molar-refractivity contribution in [3.63, 3.8) is 0 Å². The highest BCUT2D eigenvalue weighted by molar-refractivity contribution is 6.03. The second-order valence-corrected chi connectivity index (χ2v) is 4.82. The fraction of sp³-hybridized carbons (Fsp3) is 0.417. The molecule has 0 spiro atoms. The van der Waals surface area contributed by atoms with Crippen LogP contribution < -0.4 is 5.32 Å². The van der Waals surface area contributed by atoms with E-state index in [0.29, 0.717) is 23.3 Å². The molecule has 1 aliphatic carbocycles. The Kier molecular flexibility index (Phi) is 2.26. The molecule has 0 aliphatic heterocycles. The number of carbonyl (C=O) groups is 1. The summed E-state index contributed by atoms with van der Waals surface area (Å²) in [4.78, 5) is 15.4. The van der Waals surface area contributed by atoms with Gasteiger partial charge in [-0.3, -0.25) is 4.68 Å². The Labute approximate surface area is 104 Å². The van der Waals surface area contributed by atoms with Crippen molar-refractivity contribution in [1.29, 1.82) is 0 Å². The molecule has 2 N–H and O–H groups in total. The molecule has 2 heterocycles. The maximum Gasteiger partial charge on any atom is 0.339 e. The van der Waals surface area contributed by atoms with Crippen LogP contribution in [-0.4, -0.2) is 31.9 Å². The SMILES string of the molecule is CC1CC1Nc1c(C(=O)O)cnc2c1cnn2C. The van der Waals surface area contributed by atoms with Crippen molar-refractivity contribution < 1.29 is 9.90 Å². The molecular formula is C12H14N4O2. The molecule has 2 aromatic heterocycles. The Morgan fingerprint density at radius 2 is 2.28 bits per heavy atom. The molecule has 1 saturated carbocycles.